The predicted octanol–water partition coefficient (Wildman–Crippen LogP) is 4.77. The number of ketones is 2. The Bertz CT molecular complexity index is 1140. The number of benzene rings is 1. The van der Waals surface area contributed by atoms with Gasteiger partial charge >= 0.3 is 0 Å². The quantitative estimate of drug-likeness (QED) is 0.335. The summed E-state index contributed by atoms with van der Waals surface area (Å²) >= 11 is 7.61. The highest BCUT2D eigenvalue weighted by Gasteiger charge is 2.27. The Morgan fingerprint density at radius 1 is 1.21 bits per heavy atom. The normalized spacial score (nSPS) is 17.2. The van der Waals surface area contributed by atoms with Gasteiger partial charge in [0, 0.05) is 68.6 Å². The largest absolute Gasteiger partial charge is 0.353 e. The summed E-state index contributed by atoms with van der Waals surface area (Å²) in [6, 6.07) is 5.37. The molecule has 0 spiro atoms. The first kappa shape index (κ1) is 30.4. The van der Waals surface area contributed by atoms with E-state index in [1.165, 1.54) is 18.3 Å². The Balaban J connectivity index is 1.61. The first-order chi connectivity index (χ1) is 18.0. The van der Waals surface area contributed by atoms with E-state index in [4.69, 9.17) is 11.6 Å². The Morgan fingerprint density at radius 3 is 2.58 bits per heavy atom. The van der Waals surface area contributed by atoms with Gasteiger partial charge in [-0.05, 0) is 44.5 Å². The summed E-state index contributed by atoms with van der Waals surface area (Å²) in [7, 11) is 2.11. The van der Waals surface area contributed by atoms with E-state index < -0.39 is 5.92 Å². The van der Waals surface area contributed by atoms with E-state index in [1.54, 1.807) is 6.07 Å². The third kappa shape index (κ3) is 8.97. The van der Waals surface area contributed by atoms with Crippen LogP contribution in [0.5, 0.6) is 0 Å². The molecule has 1 aliphatic rings. The number of nitrogens with zero attached hydrogens (tertiary/aromatic N) is 3. The summed E-state index contributed by atoms with van der Waals surface area (Å²) in [5, 5.41) is 4.63. The summed E-state index contributed by atoms with van der Waals surface area (Å²) in [4.78, 5) is 47.6. The molecule has 2 aromatic rings. The van der Waals surface area contributed by atoms with Crippen LogP contribution in [-0.4, -0.2) is 78.1 Å². The number of amides is 1. The molecule has 1 fully saturated rings. The molecule has 3 rings (SSSR count). The fourth-order valence-corrected chi connectivity index (χ4v) is 6.08. The monoisotopic (exact) mass is 560 g/mol. The number of carbonyl (C=O) groups excluding carboxylic acids is 3. The molecule has 1 aromatic carbocycles. The number of fused-ring (bicyclic) bond motifs is 1. The lowest BCUT2D eigenvalue weighted by molar-refractivity contribution is -0.129. The first-order valence-electron chi connectivity index (χ1n) is 13.5. The van der Waals surface area contributed by atoms with Gasteiger partial charge in [-0.1, -0.05) is 38.4 Å². The van der Waals surface area contributed by atoms with Gasteiger partial charge in [0.2, 0.25) is 5.91 Å². The van der Waals surface area contributed by atoms with Crippen molar-refractivity contribution in [3.63, 3.8) is 0 Å². The SMILES string of the molecule is C=C(CN1CCN(C)CC1)C(=O)CC[C@@H](NC(=O)[C@@H](CC(C)=O)Cc1nc2ccc(Cl)cc2s1)[C@@H](C)CC. The highest BCUT2D eigenvalue weighted by molar-refractivity contribution is 7.18. The zero-order chi connectivity index (χ0) is 27.8. The van der Waals surface area contributed by atoms with Gasteiger partial charge in [-0.3, -0.25) is 14.5 Å². The molecule has 0 unspecified atom stereocenters. The minimum atomic E-state index is -0.516. The summed E-state index contributed by atoms with van der Waals surface area (Å²) in [5.74, 6) is -0.464. The second kappa shape index (κ2) is 14.3. The van der Waals surface area contributed by atoms with Gasteiger partial charge in [-0.25, -0.2) is 4.98 Å². The molecule has 1 N–H and O–H groups in total. The molecular weight excluding hydrogens is 520 g/mol. The van der Waals surface area contributed by atoms with Crippen molar-refractivity contribution in [1.82, 2.24) is 20.1 Å². The van der Waals surface area contributed by atoms with E-state index in [2.05, 4.69) is 47.6 Å². The molecule has 2 heterocycles. The average molecular weight is 561 g/mol. The van der Waals surface area contributed by atoms with Crippen molar-refractivity contribution >= 4 is 50.6 Å². The number of rotatable bonds is 14. The van der Waals surface area contributed by atoms with E-state index in [9.17, 15) is 14.4 Å². The van der Waals surface area contributed by atoms with Crippen LogP contribution in [0.1, 0.15) is 51.5 Å². The zero-order valence-corrected chi connectivity index (χ0v) is 24.7. The molecular formula is C29H41ClN4O3S. The molecule has 208 valence electrons. The summed E-state index contributed by atoms with van der Waals surface area (Å²) in [5.41, 5.74) is 1.47. The lowest BCUT2D eigenvalue weighted by Gasteiger charge is -2.32. The molecule has 0 saturated carbocycles. The number of carbonyl (C=O) groups is 3. The van der Waals surface area contributed by atoms with Crippen molar-refractivity contribution in [1.29, 1.82) is 0 Å². The Hall–Kier alpha value is -2.13. The van der Waals surface area contributed by atoms with E-state index in [0.29, 0.717) is 36.4 Å². The topological polar surface area (TPSA) is 82.6 Å². The predicted molar refractivity (Wildman–Crippen MR) is 156 cm³/mol. The second-order valence-electron chi connectivity index (χ2n) is 10.7. The number of aromatic nitrogens is 1. The van der Waals surface area contributed by atoms with Crippen LogP contribution in [0.15, 0.2) is 30.4 Å². The summed E-state index contributed by atoms with van der Waals surface area (Å²) < 4.78 is 0.960. The number of thiazole rings is 1. The first-order valence-corrected chi connectivity index (χ1v) is 14.7. The van der Waals surface area contributed by atoms with E-state index in [0.717, 1.165) is 47.8 Å². The number of halogens is 1. The third-order valence-electron chi connectivity index (χ3n) is 7.47. The van der Waals surface area contributed by atoms with Crippen LogP contribution in [0, 0.1) is 11.8 Å². The molecule has 1 aromatic heterocycles. The molecule has 1 amide bonds. The Morgan fingerprint density at radius 2 is 1.92 bits per heavy atom. The third-order valence-corrected chi connectivity index (χ3v) is 8.74. The van der Waals surface area contributed by atoms with E-state index in [1.807, 2.05) is 12.1 Å². The van der Waals surface area contributed by atoms with Crippen molar-refractivity contribution in [3.05, 3.63) is 40.4 Å². The van der Waals surface area contributed by atoms with Gasteiger partial charge in [0.25, 0.3) is 0 Å². The highest BCUT2D eigenvalue weighted by atomic mass is 35.5. The summed E-state index contributed by atoms with van der Waals surface area (Å²) in [6.07, 6.45) is 2.30. The standard InChI is InChI=1S/C29H41ClN4O3S/c1-6-19(2)24(9-10-26(36)20(3)18-34-13-11-33(5)12-14-34)32-29(37)22(15-21(4)35)16-28-31-25-8-7-23(30)17-27(25)38-28/h7-8,17,19,22,24H,3,6,9-16,18H2,1-2,4-5H3,(H,32,37)/t19-,22-,24+/m0/s1. The van der Waals surface area contributed by atoms with Crippen LogP contribution in [0.4, 0.5) is 0 Å². The number of Topliss-reactive ketones (excluding diaryl/α,β-unsaturated/α-hetero) is 2. The maximum atomic E-state index is 13.4. The van der Waals surface area contributed by atoms with Gasteiger partial charge in [-0.2, -0.15) is 0 Å². The maximum Gasteiger partial charge on any atom is 0.224 e. The average Bonchev–Trinajstić information content (AvgIpc) is 3.27. The van der Waals surface area contributed by atoms with Gasteiger partial charge in [-0.15, -0.1) is 11.3 Å². The molecule has 3 atom stereocenters. The van der Waals surface area contributed by atoms with Gasteiger partial charge in [0.1, 0.15) is 5.78 Å². The van der Waals surface area contributed by atoms with E-state index in [-0.39, 0.29) is 35.9 Å². The fourth-order valence-electron chi connectivity index (χ4n) is 4.76. The minimum absolute atomic E-state index is 0.0372. The number of piperazine rings is 1. The van der Waals surface area contributed by atoms with E-state index >= 15 is 0 Å². The molecule has 0 radical (unpaired) electrons. The fraction of sp³-hybridized carbons (Fsp3) is 0.586. The molecule has 0 bridgehead atoms. The van der Waals surface area contributed by atoms with Crippen molar-refractivity contribution < 1.29 is 14.4 Å². The van der Waals surface area contributed by atoms with Gasteiger partial charge < -0.3 is 15.0 Å². The lowest BCUT2D eigenvalue weighted by atomic mass is 9.91. The smallest absolute Gasteiger partial charge is 0.224 e. The van der Waals surface area contributed by atoms with Crippen molar-refractivity contribution in [3.8, 4) is 0 Å². The number of hydrogen-bond donors (Lipinski definition) is 1. The molecule has 9 heteroatoms. The minimum Gasteiger partial charge on any atom is -0.353 e. The molecule has 1 saturated heterocycles. The molecule has 0 aliphatic carbocycles. The number of likely N-dealkylation sites (N-methyl/N-ethyl adjacent to an activating group) is 1. The van der Waals surface area contributed by atoms with Crippen molar-refractivity contribution in [2.45, 2.75) is 58.9 Å². The van der Waals surface area contributed by atoms with Crippen LogP contribution >= 0.6 is 22.9 Å². The van der Waals surface area contributed by atoms with Gasteiger partial charge in [0.05, 0.1) is 21.1 Å². The van der Waals surface area contributed by atoms with Crippen molar-refractivity contribution in [2.24, 2.45) is 11.8 Å². The van der Waals surface area contributed by atoms with Crippen molar-refractivity contribution in [2.75, 3.05) is 39.8 Å². The summed E-state index contributed by atoms with van der Waals surface area (Å²) in [6.45, 7) is 14.2. The second-order valence-corrected chi connectivity index (χ2v) is 12.2. The molecule has 7 nitrogen and oxygen atoms in total. The van der Waals surface area contributed by atoms with Crippen LogP contribution in [0.3, 0.4) is 0 Å². The maximum absolute atomic E-state index is 13.4. The highest BCUT2D eigenvalue weighted by Crippen LogP contribution is 2.28. The zero-order valence-electron chi connectivity index (χ0n) is 23.1. The number of hydrogen-bond acceptors (Lipinski definition) is 7. The Kier molecular flexibility index (Phi) is 11.5. The van der Waals surface area contributed by atoms with Crippen LogP contribution in [-0.2, 0) is 20.8 Å². The van der Waals surface area contributed by atoms with Gasteiger partial charge in [0.15, 0.2) is 5.78 Å². The molecule has 38 heavy (non-hydrogen) atoms. The van der Waals surface area contributed by atoms with Crippen LogP contribution in [0.2, 0.25) is 5.02 Å². The van der Waals surface area contributed by atoms with Crippen LogP contribution in [0.25, 0.3) is 10.2 Å². The Labute approximate surface area is 235 Å². The lowest BCUT2D eigenvalue weighted by Crippen LogP contribution is -2.45. The molecule has 1 aliphatic heterocycles. The number of nitrogens with one attached hydrogen (secondary N) is 1. The van der Waals surface area contributed by atoms with Crippen LogP contribution < -0.4 is 5.32 Å².